The molecule has 1 saturated carbocycles. The molecule has 2 aliphatic rings. The quantitative estimate of drug-likeness (QED) is 0.808. The summed E-state index contributed by atoms with van der Waals surface area (Å²) in [6.07, 6.45) is 5.76. The smallest absolute Gasteiger partial charge is 0.248 e. The van der Waals surface area contributed by atoms with Crippen molar-refractivity contribution in [1.29, 1.82) is 0 Å². The van der Waals surface area contributed by atoms with Crippen LogP contribution in [-0.2, 0) is 20.8 Å². The van der Waals surface area contributed by atoms with Crippen LogP contribution in [0.2, 0.25) is 0 Å². The van der Waals surface area contributed by atoms with Crippen molar-refractivity contribution in [1.82, 2.24) is 14.8 Å². The topological polar surface area (TPSA) is 54.9 Å². The molecule has 6 heteroatoms. The number of fused-ring (bicyclic) bond motifs is 1. The Morgan fingerprint density at radius 1 is 1.39 bits per heavy atom. The molecule has 1 aromatic heterocycles. The number of hydrogen-bond acceptors (Lipinski definition) is 5. The molecule has 1 aromatic rings. The van der Waals surface area contributed by atoms with Crippen LogP contribution in [-0.4, -0.2) is 72.8 Å². The molecule has 0 spiro atoms. The zero-order chi connectivity index (χ0) is 16.2. The van der Waals surface area contributed by atoms with Crippen molar-refractivity contribution in [2.75, 3.05) is 33.9 Å². The Morgan fingerprint density at radius 2 is 2.17 bits per heavy atom. The van der Waals surface area contributed by atoms with Gasteiger partial charge in [-0.05, 0) is 30.5 Å². The van der Waals surface area contributed by atoms with Crippen LogP contribution < -0.4 is 0 Å². The molecule has 1 amide bonds. The molecule has 126 valence electrons. The molecule has 0 bridgehead atoms. The predicted octanol–water partition coefficient (Wildman–Crippen LogP) is 0.918. The van der Waals surface area contributed by atoms with Crippen molar-refractivity contribution in [2.24, 2.45) is 0 Å². The number of aromatic nitrogens is 1. The van der Waals surface area contributed by atoms with E-state index < -0.39 is 0 Å². The number of carbonyl (C=O) groups excluding carboxylic acids is 1. The monoisotopic (exact) mass is 319 g/mol. The number of nitrogens with zero attached hydrogens (tertiary/aromatic N) is 3. The number of hydrogen-bond donors (Lipinski definition) is 0. The zero-order valence-electron chi connectivity index (χ0n) is 13.9. The van der Waals surface area contributed by atoms with Gasteiger partial charge in [0.25, 0.3) is 0 Å². The minimum absolute atomic E-state index is 0.00194. The molecule has 2 fully saturated rings. The maximum Gasteiger partial charge on any atom is 0.248 e. The molecule has 3 atom stereocenters. The fourth-order valence-electron chi connectivity index (χ4n) is 3.40. The fraction of sp³-hybridized carbons (Fsp3) is 0.647. The third-order valence-corrected chi connectivity index (χ3v) is 4.71. The normalized spacial score (nSPS) is 27.7. The third-order valence-electron chi connectivity index (χ3n) is 4.71. The van der Waals surface area contributed by atoms with E-state index in [9.17, 15) is 4.79 Å². The number of carbonyl (C=O) groups is 1. The van der Waals surface area contributed by atoms with Gasteiger partial charge in [0.15, 0.2) is 0 Å². The van der Waals surface area contributed by atoms with Gasteiger partial charge in [0.1, 0.15) is 6.61 Å². The maximum absolute atomic E-state index is 11.7. The number of pyridine rings is 1. The van der Waals surface area contributed by atoms with E-state index in [4.69, 9.17) is 9.47 Å². The first-order valence-electron chi connectivity index (χ1n) is 8.21. The summed E-state index contributed by atoms with van der Waals surface area (Å²) in [5.41, 5.74) is 1.27. The molecule has 0 aromatic carbocycles. The van der Waals surface area contributed by atoms with Gasteiger partial charge in [-0.1, -0.05) is 0 Å². The van der Waals surface area contributed by atoms with E-state index in [0.29, 0.717) is 12.6 Å². The highest BCUT2D eigenvalue weighted by molar-refractivity contribution is 5.76. The van der Waals surface area contributed by atoms with E-state index >= 15 is 0 Å². The van der Waals surface area contributed by atoms with Gasteiger partial charge < -0.3 is 14.4 Å². The van der Waals surface area contributed by atoms with Crippen molar-refractivity contribution < 1.29 is 14.3 Å². The van der Waals surface area contributed by atoms with Crippen LogP contribution in [0.5, 0.6) is 0 Å². The van der Waals surface area contributed by atoms with Crippen molar-refractivity contribution >= 4 is 5.91 Å². The molecule has 1 aliphatic carbocycles. The lowest BCUT2D eigenvalue weighted by atomic mass is 10.1. The zero-order valence-corrected chi connectivity index (χ0v) is 13.9. The van der Waals surface area contributed by atoms with Crippen LogP contribution in [0, 0.1) is 0 Å². The highest BCUT2D eigenvalue weighted by Crippen LogP contribution is 2.32. The Kier molecular flexibility index (Phi) is 5.25. The van der Waals surface area contributed by atoms with Gasteiger partial charge in [-0.3, -0.25) is 14.7 Å². The standard InChI is InChI=1S/C17H25N3O3/c1-19(2)16(21)12-23-15-4-3-14-17(15)22-10-9-20(14)11-13-5-7-18-8-6-13/h5-8,14-15,17H,3-4,9-12H2,1-2H3/t14-,15+,17+/m0/s1. The van der Waals surface area contributed by atoms with Crippen LogP contribution in [0.25, 0.3) is 0 Å². The van der Waals surface area contributed by atoms with Crippen LogP contribution in [0.15, 0.2) is 24.5 Å². The first-order chi connectivity index (χ1) is 11.1. The number of amides is 1. The van der Waals surface area contributed by atoms with Gasteiger partial charge in [-0.2, -0.15) is 0 Å². The van der Waals surface area contributed by atoms with Gasteiger partial charge in [0, 0.05) is 45.6 Å². The SMILES string of the molecule is CN(C)C(=O)CO[C@@H]1CC[C@H]2[C@H]1OCCN2Cc1ccncc1. The molecule has 2 heterocycles. The lowest BCUT2D eigenvalue weighted by Crippen LogP contribution is -2.51. The Morgan fingerprint density at radius 3 is 2.91 bits per heavy atom. The van der Waals surface area contributed by atoms with E-state index in [-0.39, 0.29) is 24.7 Å². The second kappa shape index (κ2) is 7.38. The summed E-state index contributed by atoms with van der Waals surface area (Å²) < 4.78 is 11.8. The summed E-state index contributed by atoms with van der Waals surface area (Å²) in [6.45, 7) is 2.70. The van der Waals surface area contributed by atoms with Gasteiger partial charge in [-0.25, -0.2) is 0 Å². The molecular weight excluding hydrogens is 294 g/mol. The Hall–Kier alpha value is -1.50. The van der Waals surface area contributed by atoms with Crippen LogP contribution in [0.4, 0.5) is 0 Å². The summed E-state index contributed by atoms with van der Waals surface area (Å²) in [4.78, 5) is 19.8. The van der Waals surface area contributed by atoms with Crippen LogP contribution in [0.1, 0.15) is 18.4 Å². The van der Waals surface area contributed by atoms with Gasteiger partial charge in [0.2, 0.25) is 5.91 Å². The average molecular weight is 319 g/mol. The Balaban J connectivity index is 1.58. The predicted molar refractivity (Wildman–Crippen MR) is 85.8 cm³/mol. The Bertz CT molecular complexity index is 523. The number of rotatable bonds is 5. The molecule has 1 aliphatic heterocycles. The number of ether oxygens (including phenoxy) is 2. The molecule has 6 nitrogen and oxygen atoms in total. The lowest BCUT2D eigenvalue weighted by molar-refractivity contribution is -0.144. The van der Waals surface area contributed by atoms with Crippen LogP contribution in [0.3, 0.4) is 0 Å². The Labute approximate surface area is 137 Å². The number of likely N-dealkylation sites (N-methyl/N-ethyl adjacent to an activating group) is 1. The molecule has 0 radical (unpaired) electrons. The summed E-state index contributed by atoms with van der Waals surface area (Å²) in [5, 5.41) is 0. The molecule has 0 N–H and O–H groups in total. The van der Waals surface area contributed by atoms with Crippen LogP contribution >= 0.6 is 0 Å². The van der Waals surface area contributed by atoms with Gasteiger partial charge >= 0.3 is 0 Å². The van der Waals surface area contributed by atoms with Crippen molar-refractivity contribution in [2.45, 2.75) is 37.6 Å². The molecule has 0 unspecified atom stereocenters. The minimum atomic E-state index is -0.00194. The summed E-state index contributed by atoms with van der Waals surface area (Å²) in [7, 11) is 3.49. The van der Waals surface area contributed by atoms with Crippen molar-refractivity contribution in [3.05, 3.63) is 30.1 Å². The number of morpholine rings is 1. The average Bonchev–Trinajstić information content (AvgIpc) is 2.98. The first kappa shape index (κ1) is 16.4. The van der Waals surface area contributed by atoms with E-state index in [1.165, 1.54) is 5.56 Å². The van der Waals surface area contributed by atoms with E-state index in [2.05, 4.69) is 22.0 Å². The third kappa shape index (κ3) is 3.88. The minimum Gasteiger partial charge on any atom is -0.373 e. The molecule has 1 saturated heterocycles. The first-order valence-corrected chi connectivity index (χ1v) is 8.21. The second-order valence-corrected chi connectivity index (χ2v) is 6.44. The summed E-state index contributed by atoms with van der Waals surface area (Å²) in [5.74, 6) is -0.00194. The van der Waals surface area contributed by atoms with E-state index in [1.54, 1.807) is 19.0 Å². The van der Waals surface area contributed by atoms with E-state index in [1.807, 2.05) is 12.4 Å². The summed E-state index contributed by atoms with van der Waals surface area (Å²) >= 11 is 0. The van der Waals surface area contributed by atoms with Crippen molar-refractivity contribution in [3.63, 3.8) is 0 Å². The fourth-order valence-corrected chi connectivity index (χ4v) is 3.40. The lowest BCUT2D eigenvalue weighted by Gasteiger charge is -2.39. The second-order valence-electron chi connectivity index (χ2n) is 6.44. The highest BCUT2D eigenvalue weighted by Gasteiger charge is 2.43. The molecule has 3 rings (SSSR count). The molecular formula is C17H25N3O3. The summed E-state index contributed by atoms with van der Waals surface area (Å²) in [6, 6.07) is 4.49. The maximum atomic E-state index is 11.7. The van der Waals surface area contributed by atoms with Gasteiger partial charge in [-0.15, -0.1) is 0 Å². The largest absolute Gasteiger partial charge is 0.373 e. The molecule has 23 heavy (non-hydrogen) atoms. The highest BCUT2D eigenvalue weighted by atomic mass is 16.5. The van der Waals surface area contributed by atoms with Crippen molar-refractivity contribution in [3.8, 4) is 0 Å². The van der Waals surface area contributed by atoms with E-state index in [0.717, 1.165) is 25.9 Å². The van der Waals surface area contributed by atoms with Gasteiger partial charge in [0.05, 0.1) is 18.8 Å².